The van der Waals surface area contributed by atoms with Crippen molar-refractivity contribution in [1.82, 2.24) is 9.55 Å². The van der Waals surface area contributed by atoms with Gasteiger partial charge < -0.3 is 19.3 Å². The quantitative estimate of drug-likeness (QED) is 0.300. The Morgan fingerprint density at radius 1 is 0.919 bits per heavy atom. The van der Waals surface area contributed by atoms with Gasteiger partial charge in [0.15, 0.2) is 0 Å². The third kappa shape index (κ3) is 4.80. The molecule has 0 radical (unpaired) electrons. The highest BCUT2D eigenvalue weighted by atomic mass is 16.5. The molecule has 1 aliphatic carbocycles. The molecule has 1 saturated carbocycles. The highest BCUT2D eigenvalue weighted by Crippen LogP contribution is 2.36. The first kappa shape index (κ1) is 23.6. The SMILES string of the molecule is O=C(O)c1ccc2c(c1)nc(-c1ccc(OC[C@@H]3CCCN3c3ccccc3)cc1)n2C1CCCCC1. The summed E-state index contributed by atoms with van der Waals surface area (Å²) >= 11 is 0. The van der Waals surface area contributed by atoms with Gasteiger partial charge in [0.05, 0.1) is 22.6 Å². The first-order valence-corrected chi connectivity index (χ1v) is 13.5. The van der Waals surface area contributed by atoms with Gasteiger partial charge in [0.1, 0.15) is 18.2 Å². The molecule has 6 nitrogen and oxygen atoms in total. The largest absolute Gasteiger partial charge is 0.491 e. The van der Waals surface area contributed by atoms with Gasteiger partial charge in [0.2, 0.25) is 0 Å². The van der Waals surface area contributed by atoms with Gasteiger partial charge in [0.25, 0.3) is 0 Å². The molecule has 1 aromatic heterocycles. The summed E-state index contributed by atoms with van der Waals surface area (Å²) in [5, 5.41) is 9.48. The summed E-state index contributed by atoms with van der Waals surface area (Å²) in [6.45, 7) is 1.73. The molecular weight excluding hydrogens is 462 g/mol. The Hall–Kier alpha value is -3.80. The minimum atomic E-state index is -0.926. The van der Waals surface area contributed by atoms with Gasteiger partial charge in [-0.1, -0.05) is 37.5 Å². The van der Waals surface area contributed by atoms with Crippen LogP contribution in [0.4, 0.5) is 5.69 Å². The molecule has 190 valence electrons. The second-order valence-electron chi connectivity index (χ2n) is 10.3. The zero-order chi connectivity index (χ0) is 25.2. The van der Waals surface area contributed by atoms with Crippen LogP contribution >= 0.6 is 0 Å². The predicted molar refractivity (Wildman–Crippen MR) is 147 cm³/mol. The topological polar surface area (TPSA) is 67.6 Å². The summed E-state index contributed by atoms with van der Waals surface area (Å²) in [5.74, 6) is 0.837. The number of aromatic nitrogens is 2. The number of aromatic carboxylic acids is 1. The number of benzene rings is 3. The zero-order valence-electron chi connectivity index (χ0n) is 21.1. The minimum absolute atomic E-state index is 0.271. The fourth-order valence-electron chi connectivity index (χ4n) is 6.01. The van der Waals surface area contributed by atoms with Crippen LogP contribution in [0.2, 0.25) is 0 Å². The number of hydrogen-bond acceptors (Lipinski definition) is 4. The molecule has 1 atom stereocenters. The monoisotopic (exact) mass is 495 g/mol. The number of carboxylic acids is 1. The van der Waals surface area contributed by atoms with Crippen LogP contribution in [0, 0.1) is 0 Å². The number of ether oxygens (including phenoxy) is 1. The van der Waals surface area contributed by atoms with E-state index in [0.717, 1.165) is 54.0 Å². The Morgan fingerprint density at radius 3 is 2.46 bits per heavy atom. The summed E-state index contributed by atoms with van der Waals surface area (Å²) in [6.07, 6.45) is 8.27. The average Bonchev–Trinajstić information content (AvgIpc) is 3.57. The van der Waals surface area contributed by atoms with E-state index < -0.39 is 5.97 Å². The molecule has 0 amide bonds. The van der Waals surface area contributed by atoms with Crippen molar-refractivity contribution in [2.75, 3.05) is 18.1 Å². The molecule has 0 spiro atoms. The van der Waals surface area contributed by atoms with Crippen molar-refractivity contribution < 1.29 is 14.6 Å². The number of hydrogen-bond donors (Lipinski definition) is 1. The number of carbonyl (C=O) groups is 1. The van der Waals surface area contributed by atoms with Crippen LogP contribution in [0.1, 0.15) is 61.3 Å². The smallest absolute Gasteiger partial charge is 0.335 e. The summed E-state index contributed by atoms with van der Waals surface area (Å²) in [7, 11) is 0. The van der Waals surface area contributed by atoms with Gasteiger partial charge in [-0.25, -0.2) is 9.78 Å². The Morgan fingerprint density at radius 2 is 1.70 bits per heavy atom. The third-order valence-electron chi connectivity index (χ3n) is 7.90. The molecule has 1 saturated heterocycles. The van der Waals surface area contributed by atoms with Crippen molar-refractivity contribution in [3.8, 4) is 17.1 Å². The number of anilines is 1. The molecule has 1 N–H and O–H groups in total. The fraction of sp³-hybridized carbons (Fsp3) is 0.355. The summed E-state index contributed by atoms with van der Waals surface area (Å²) in [4.78, 5) is 18.9. The van der Waals surface area contributed by atoms with Crippen LogP contribution in [0.5, 0.6) is 5.75 Å². The first-order valence-electron chi connectivity index (χ1n) is 13.5. The van der Waals surface area contributed by atoms with Crippen molar-refractivity contribution >= 4 is 22.7 Å². The number of para-hydroxylation sites is 1. The van der Waals surface area contributed by atoms with E-state index >= 15 is 0 Å². The summed E-state index contributed by atoms with van der Waals surface area (Å²) < 4.78 is 8.59. The van der Waals surface area contributed by atoms with E-state index in [1.165, 1.54) is 31.4 Å². The molecule has 37 heavy (non-hydrogen) atoms. The van der Waals surface area contributed by atoms with Crippen LogP contribution in [0.3, 0.4) is 0 Å². The van der Waals surface area contributed by atoms with E-state index in [1.807, 2.05) is 18.2 Å². The number of fused-ring (bicyclic) bond motifs is 1. The maximum absolute atomic E-state index is 11.6. The number of carboxylic acid groups (broad SMARTS) is 1. The molecule has 6 heteroatoms. The summed E-state index contributed by atoms with van der Waals surface area (Å²) in [6, 6.07) is 24.9. The number of imidazole rings is 1. The molecule has 6 rings (SSSR count). The Balaban J connectivity index is 1.24. The molecule has 4 aromatic rings. The van der Waals surface area contributed by atoms with E-state index in [9.17, 15) is 9.90 Å². The van der Waals surface area contributed by atoms with Gasteiger partial charge in [-0.15, -0.1) is 0 Å². The lowest BCUT2D eigenvalue weighted by Crippen LogP contribution is -2.34. The minimum Gasteiger partial charge on any atom is -0.491 e. The van der Waals surface area contributed by atoms with Gasteiger partial charge in [0, 0.05) is 23.8 Å². The van der Waals surface area contributed by atoms with Crippen LogP contribution in [0.25, 0.3) is 22.4 Å². The first-order chi connectivity index (χ1) is 18.2. The van der Waals surface area contributed by atoms with Crippen molar-refractivity contribution in [3.63, 3.8) is 0 Å². The Bertz CT molecular complexity index is 1370. The van der Waals surface area contributed by atoms with Crippen LogP contribution in [-0.2, 0) is 0 Å². The Labute approximate surface area is 217 Å². The molecule has 2 heterocycles. The maximum atomic E-state index is 11.6. The summed E-state index contributed by atoms with van der Waals surface area (Å²) in [5.41, 5.74) is 4.31. The highest BCUT2D eigenvalue weighted by molar-refractivity contribution is 5.93. The van der Waals surface area contributed by atoms with Crippen molar-refractivity contribution in [2.45, 2.75) is 57.0 Å². The highest BCUT2D eigenvalue weighted by Gasteiger charge is 2.26. The van der Waals surface area contributed by atoms with E-state index in [4.69, 9.17) is 9.72 Å². The molecule has 3 aromatic carbocycles. The van der Waals surface area contributed by atoms with Gasteiger partial charge in [-0.2, -0.15) is 0 Å². The third-order valence-corrected chi connectivity index (χ3v) is 7.90. The molecule has 0 bridgehead atoms. The average molecular weight is 496 g/mol. The molecular formula is C31H33N3O3. The maximum Gasteiger partial charge on any atom is 0.335 e. The zero-order valence-corrected chi connectivity index (χ0v) is 21.1. The lowest BCUT2D eigenvalue weighted by molar-refractivity contribution is 0.0697. The lowest BCUT2D eigenvalue weighted by atomic mass is 9.95. The van der Waals surface area contributed by atoms with Crippen molar-refractivity contribution in [3.05, 3.63) is 78.4 Å². The predicted octanol–water partition coefficient (Wildman–Crippen LogP) is 6.95. The van der Waals surface area contributed by atoms with E-state index in [1.54, 1.807) is 12.1 Å². The van der Waals surface area contributed by atoms with Crippen molar-refractivity contribution in [2.24, 2.45) is 0 Å². The van der Waals surface area contributed by atoms with E-state index in [-0.39, 0.29) is 5.56 Å². The molecule has 1 aliphatic heterocycles. The van der Waals surface area contributed by atoms with Crippen LogP contribution in [-0.4, -0.2) is 39.8 Å². The fourth-order valence-corrected chi connectivity index (χ4v) is 6.01. The second-order valence-corrected chi connectivity index (χ2v) is 10.3. The molecule has 2 aliphatic rings. The van der Waals surface area contributed by atoms with Crippen LogP contribution in [0.15, 0.2) is 72.8 Å². The second kappa shape index (κ2) is 10.3. The normalized spacial score (nSPS) is 18.4. The van der Waals surface area contributed by atoms with E-state index in [0.29, 0.717) is 18.7 Å². The van der Waals surface area contributed by atoms with E-state index in [2.05, 4.69) is 51.9 Å². The lowest BCUT2D eigenvalue weighted by Gasteiger charge is -2.27. The van der Waals surface area contributed by atoms with Crippen molar-refractivity contribution in [1.29, 1.82) is 0 Å². The van der Waals surface area contributed by atoms with Gasteiger partial charge >= 0.3 is 5.97 Å². The Kier molecular flexibility index (Phi) is 6.56. The number of rotatable bonds is 7. The number of nitrogens with zero attached hydrogens (tertiary/aromatic N) is 3. The van der Waals surface area contributed by atoms with Crippen LogP contribution < -0.4 is 9.64 Å². The van der Waals surface area contributed by atoms with Gasteiger partial charge in [-0.3, -0.25) is 0 Å². The molecule has 2 fully saturated rings. The van der Waals surface area contributed by atoms with Gasteiger partial charge in [-0.05, 0) is 80.3 Å². The molecule has 0 unspecified atom stereocenters. The standard InChI is InChI=1S/C31H33N3O3/c35-31(36)23-15-18-29-28(20-23)32-30(34(29)25-10-5-2-6-11-25)22-13-16-27(17-14-22)37-21-26-12-7-19-33(26)24-8-3-1-4-9-24/h1,3-4,8-9,13-18,20,25-26H,2,5-7,10-12,19,21H2,(H,35,36)/t26-/m0/s1.